The predicted molar refractivity (Wildman–Crippen MR) is 63.0 cm³/mol. The molecule has 0 aliphatic rings. The van der Waals surface area contributed by atoms with Crippen LogP contribution in [-0.2, 0) is 0 Å². The second-order valence-electron chi connectivity index (χ2n) is 3.03. The summed E-state index contributed by atoms with van der Waals surface area (Å²) in [5.41, 5.74) is 0.796. The second-order valence-corrected chi connectivity index (χ2v) is 3.84. The molecule has 0 bridgehead atoms. The zero-order chi connectivity index (χ0) is 11.5. The van der Waals surface area contributed by atoms with Gasteiger partial charge in [0.1, 0.15) is 5.15 Å². The van der Waals surface area contributed by atoms with Crippen LogP contribution < -0.4 is 5.32 Å². The van der Waals surface area contributed by atoms with Crippen LogP contribution >= 0.6 is 23.2 Å². The molecule has 0 spiro atoms. The molecule has 1 aromatic carbocycles. The topological polar surface area (TPSA) is 57.8 Å². The summed E-state index contributed by atoms with van der Waals surface area (Å²) in [5.74, 6) is -0.367. The molecule has 6 heteroatoms. The van der Waals surface area contributed by atoms with Crippen LogP contribution in [0.25, 0.3) is 0 Å². The first-order valence-electron chi connectivity index (χ1n) is 4.42. The quantitative estimate of drug-likeness (QED) is 0.867. The third-order valence-electron chi connectivity index (χ3n) is 1.91. The number of halogens is 2. The number of anilines is 1. The van der Waals surface area contributed by atoms with E-state index in [-0.39, 0.29) is 16.8 Å². The van der Waals surface area contributed by atoms with Gasteiger partial charge in [-0.15, -0.1) is 0 Å². The number of H-pyrrole nitrogens is 1. The number of amides is 1. The molecule has 0 aliphatic carbocycles. The Morgan fingerprint density at radius 3 is 2.50 bits per heavy atom. The zero-order valence-electron chi connectivity index (χ0n) is 8.00. The lowest BCUT2D eigenvalue weighted by Gasteiger charge is -2.03. The first-order chi connectivity index (χ1) is 7.66. The summed E-state index contributed by atoms with van der Waals surface area (Å²) in [4.78, 5) is 18.1. The predicted octanol–water partition coefficient (Wildman–Crippen LogP) is 2.97. The molecule has 0 aliphatic heterocycles. The minimum absolute atomic E-state index is 0.164. The maximum Gasteiger partial charge on any atom is 0.277 e. The van der Waals surface area contributed by atoms with Crippen molar-refractivity contribution < 1.29 is 4.79 Å². The van der Waals surface area contributed by atoms with E-state index in [2.05, 4.69) is 15.3 Å². The molecule has 82 valence electrons. The molecule has 0 fully saturated rings. The van der Waals surface area contributed by atoms with Gasteiger partial charge in [-0.25, -0.2) is 4.98 Å². The normalized spacial score (nSPS) is 10.1. The van der Waals surface area contributed by atoms with Gasteiger partial charge in [-0.05, 0) is 24.3 Å². The van der Waals surface area contributed by atoms with E-state index in [0.717, 1.165) is 0 Å². The molecule has 4 nitrogen and oxygen atoms in total. The van der Waals surface area contributed by atoms with E-state index in [1.807, 2.05) is 0 Å². The molecular weight excluding hydrogens is 249 g/mol. The van der Waals surface area contributed by atoms with Gasteiger partial charge in [0.05, 0.1) is 6.33 Å². The highest BCUT2D eigenvalue weighted by molar-refractivity contribution is 6.33. The molecule has 1 heterocycles. The van der Waals surface area contributed by atoms with E-state index in [0.29, 0.717) is 10.7 Å². The third kappa shape index (κ3) is 2.35. The summed E-state index contributed by atoms with van der Waals surface area (Å²) in [6, 6.07) is 6.76. The minimum atomic E-state index is -0.367. The Labute approximate surface area is 102 Å². The lowest BCUT2D eigenvalue weighted by molar-refractivity contribution is 0.102. The summed E-state index contributed by atoms with van der Waals surface area (Å²) < 4.78 is 0. The van der Waals surface area contributed by atoms with E-state index >= 15 is 0 Å². The maximum atomic E-state index is 11.7. The second kappa shape index (κ2) is 4.55. The first kappa shape index (κ1) is 11.0. The van der Waals surface area contributed by atoms with E-state index in [9.17, 15) is 4.79 Å². The number of aromatic amines is 1. The highest BCUT2D eigenvalue weighted by Crippen LogP contribution is 2.16. The van der Waals surface area contributed by atoms with Gasteiger partial charge in [-0.1, -0.05) is 23.2 Å². The number of hydrogen-bond donors (Lipinski definition) is 2. The number of hydrogen-bond acceptors (Lipinski definition) is 2. The summed E-state index contributed by atoms with van der Waals surface area (Å²) in [6.45, 7) is 0. The molecule has 0 saturated heterocycles. The summed E-state index contributed by atoms with van der Waals surface area (Å²) in [5, 5.41) is 3.47. The van der Waals surface area contributed by atoms with Crippen molar-refractivity contribution in [2.24, 2.45) is 0 Å². The molecule has 0 saturated carbocycles. The Kier molecular flexibility index (Phi) is 3.12. The summed E-state index contributed by atoms with van der Waals surface area (Å²) in [6.07, 6.45) is 1.36. The average molecular weight is 256 g/mol. The molecule has 1 aromatic heterocycles. The number of benzene rings is 1. The molecule has 1 amide bonds. The SMILES string of the molecule is O=C(Nc1ccc(Cl)cc1)c1nc[nH]c1Cl. The lowest BCUT2D eigenvalue weighted by Crippen LogP contribution is -2.12. The van der Waals surface area contributed by atoms with Crippen LogP contribution in [0.1, 0.15) is 10.5 Å². The van der Waals surface area contributed by atoms with Crippen molar-refractivity contribution in [1.82, 2.24) is 9.97 Å². The highest BCUT2D eigenvalue weighted by Gasteiger charge is 2.12. The van der Waals surface area contributed by atoms with Gasteiger partial charge in [0.15, 0.2) is 5.69 Å². The number of nitrogens with zero attached hydrogens (tertiary/aromatic N) is 1. The fourth-order valence-corrected chi connectivity index (χ4v) is 1.47. The van der Waals surface area contributed by atoms with Crippen molar-refractivity contribution in [2.45, 2.75) is 0 Å². The third-order valence-corrected chi connectivity index (χ3v) is 2.45. The first-order valence-corrected chi connectivity index (χ1v) is 5.18. The molecular formula is C10H7Cl2N3O. The molecule has 2 N–H and O–H groups in total. The van der Waals surface area contributed by atoms with Crippen molar-refractivity contribution >= 4 is 34.8 Å². The fourth-order valence-electron chi connectivity index (χ4n) is 1.16. The van der Waals surface area contributed by atoms with Crippen molar-refractivity contribution in [3.8, 4) is 0 Å². The number of rotatable bonds is 2. The van der Waals surface area contributed by atoms with Gasteiger partial charge in [0.25, 0.3) is 5.91 Å². The van der Waals surface area contributed by atoms with Gasteiger partial charge in [-0.3, -0.25) is 4.79 Å². The number of aromatic nitrogens is 2. The van der Waals surface area contributed by atoms with Crippen LogP contribution in [0.5, 0.6) is 0 Å². The highest BCUT2D eigenvalue weighted by atomic mass is 35.5. The average Bonchev–Trinajstić information content (AvgIpc) is 2.68. The van der Waals surface area contributed by atoms with Gasteiger partial charge < -0.3 is 10.3 Å². The van der Waals surface area contributed by atoms with Gasteiger partial charge >= 0.3 is 0 Å². The Hall–Kier alpha value is -1.52. The van der Waals surface area contributed by atoms with E-state index in [1.54, 1.807) is 24.3 Å². The van der Waals surface area contributed by atoms with Crippen LogP contribution in [0.3, 0.4) is 0 Å². The number of nitrogens with one attached hydrogen (secondary N) is 2. The fraction of sp³-hybridized carbons (Fsp3) is 0. The van der Waals surface area contributed by atoms with E-state index in [4.69, 9.17) is 23.2 Å². The van der Waals surface area contributed by atoms with Crippen molar-refractivity contribution in [1.29, 1.82) is 0 Å². The molecule has 2 rings (SSSR count). The van der Waals surface area contributed by atoms with Crippen molar-refractivity contribution in [3.63, 3.8) is 0 Å². The number of carbonyl (C=O) groups is 1. The summed E-state index contributed by atoms with van der Waals surface area (Å²) in [7, 11) is 0. The van der Waals surface area contributed by atoms with Gasteiger partial charge in [0, 0.05) is 10.7 Å². The Balaban J connectivity index is 2.14. The van der Waals surface area contributed by atoms with E-state index < -0.39 is 0 Å². The maximum absolute atomic E-state index is 11.7. The van der Waals surface area contributed by atoms with Gasteiger partial charge in [-0.2, -0.15) is 0 Å². The van der Waals surface area contributed by atoms with E-state index in [1.165, 1.54) is 6.33 Å². The Bertz CT molecular complexity index is 507. The standard InChI is InChI=1S/C10H7Cl2N3O/c11-6-1-3-7(4-2-6)15-10(16)8-9(12)14-5-13-8/h1-5H,(H,13,14)(H,15,16). The molecule has 16 heavy (non-hydrogen) atoms. The lowest BCUT2D eigenvalue weighted by atomic mass is 10.3. The van der Waals surface area contributed by atoms with Crippen molar-refractivity contribution in [2.75, 3.05) is 5.32 Å². The van der Waals surface area contributed by atoms with Crippen LogP contribution in [0.15, 0.2) is 30.6 Å². The largest absolute Gasteiger partial charge is 0.335 e. The Morgan fingerprint density at radius 2 is 1.94 bits per heavy atom. The number of carbonyl (C=O) groups excluding carboxylic acids is 1. The Morgan fingerprint density at radius 1 is 1.25 bits per heavy atom. The molecule has 2 aromatic rings. The van der Waals surface area contributed by atoms with Gasteiger partial charge in [0.2, 0.25) is 0 Å². The molecule has 0 atom stereocenters. The summed E-state index contributed by atoms with van der Waals surface area (Å²) >= 11 is 11.4. The monoisotopic (exact) mass is 255 g/mol. The number of imidazole rings is 1. The van der Waals surface area contributed by atoms with Crippen LogP contribution in [-0.4, -0.2) is 15.9 Å². The van der Waals surface area contributed by atoms with Crippen LogP contribution in [0.2, 0.25) is 10.2 Å². The smallest absolute Gasteiger partial charge is 0.277 e. The van der Waals surface area contributed by atoms with Crippen LogP contribution in [0.4, 0.5) is 5.69 Å². The molecule has 0 unspecified atom stereocenters. The zero-order valence-corrected chi connectivity index (χ0v) is 9.51. The van der Waals surface area contributed by atoms with Crippen molar-refractivity contribution in [3.05, 3.63) is 46.5 Å². The van der Waals surface area contributed by atoms with Crippen LogP contribution in [0, 0.1) is 0 Å². The minimum Gasteiger partial charge on any atom is -0.335 e. The molecule has 0 radical (unpaired) electrons.